The number of anilines is 1. The van der Waals surface area contributed by atoms with Crippen LogP contribution in [-0.2, 0) is 9.59 Å². The quantitative estimate of drug-likeness (QED) is 0.435. The number of hydrazone groups is 1. The summed E-state index contributed by atoms with van der Waals surface area (Å²) >= 11 is 0. The molecule has 2 aromatic carbocycles. The normalized spacial score (nSPS) is 13.9. The van der Waals surface area contributed by atoms with Crippen molar-refractivity contribution >= 4 is 29.7 Å². The van der Waals surface area contributed by atoms with Crippen LogP contribution in [0, 0.1) is 0 Å². The highest BCUT2D eigenvalue weighted by Gasteiger charge is 2.26. The molecule has 1 aliphatic heterocycles. The minimum Gasteiger partial charge on any atom is -0.495 e. The number of carbonyl (C=O) groups excluding carboxylic acids is 2. The summed E-state index contributed by atoms with van der Waals surface area (Å²) in [5.41, 5.74) is 3.92. The molecule has 1 fully saturated rings. The van der Waals surface area contributed by atoms with E-state index in [9.17, 15) is 14.4 Å². The predicted molar refractivity (Wildman–Crippen MR) is 111 cm³/mol. The van der Waals surface area contributed by atoms with Gasteiger partial charge in [0.1, 0.15) is 5.75 Å². The fourth-order valence-corrected chi connectivity index (χ4v) is 3.11. The SMILES string of the molecule is COc1ccccc1N1CCN(C(=O)C(=O)N/N=C\c2ccc(C(=O)O)cc2)CC1. The lowest BCUT2D eigenvalue weighted by Gasteiger charge is -2.36. The minimum atomic E-state index is -1.02. The molecule has 0 saturated carbocycles. The highest BCUT2D eigenvalue weighted by molar-refractivity contribution is 6.35. The van der Waals surface area contributed by atoms with Gasteiger partial charge in [-0.25, -0.2) is 10.2 Å². The highest BCUT2D eigenvalue weighted by Crippen LogP contribution is 2.28. The Morgan fingerprint density at radius 1 is 1.03 bits per heavy atom. The number of carboxylic acids is 1. The van der Waals surface area contributed by atoms with Gasteiger partial charge >= 0.3 is 17.8 Å². The fourth-order valence-electron chi connectivity index (χ4n) is 3.11. The Morgan fingerprint density at radius 3 is 2.33 bits per heavy atom. The number of aromatic carboxylic acids is 1. The third-order valence-electron chi connectivity index (χ3n) is 4.72. The molecule has 1 heterocycles. The number of carbonyl (C=O) groups is 3. The Balaban J connectivity index is 1.51. The number of carboxylic acid groups (broad SMARTS) is 1. The van der Waals surface area contributed by atoms with Crippen LogP contribution in [0.5, 0.6) is 5.75 Å². The lowest BCUT2D eigenvalue weighted by Crippen LogP contribution is -2.52. The van der Waals surface area contributed by atoms with E-state index in [4.69, 9.17) is 9.84 Å². The Morgan fingerprint density at radius 2 is 1.70 bits per heavy atom. The van der Waals surface area contributed by atoms with Gasteiger partial charge in [-0.05, 0) is 29.8 Å². The number of nitrogens with zero attached hydrogens (tertiary/aromatic N) is 3. The number of methoxy groups -OCH3 is 1. The highest BCUT2D eigenvalue weighted by atomic mass is 16.5. The first-order chi connectivity index (χ1) is 14.5. The molecule has 0 unspecified atom stereocenters. The van der Waals surface area contributed by atoms with E-state index in [1.807, 2.05) is 24.3 Å². The number of benzene rings is 2. The standard InChI is InChI=1S/C21H22N4O5/c1-30-18-5-3-2-4-17(18)24-10-12-25(13-11-24)20(27)19(26)23-22-14-15-6-8-16(9-7-15)21(28)29/h2-9,14H,10-13H2,1H3,(H,23,26)(H,28,29)/b22-14-. The van der Waals surface area contributed by atoms with Crippen LogP contribution in [0.1, 0.15) is 15.9 Å². The number of nitrogens with one attached hydrogen (secondary N) is 1. The van der Waals surface area contributed by atoms with Gasteiger partial charge in [0.05, 0.1) is 24.6 Å². The smallest absolute Gasteiger partial charge is 0.335 e. The first-order valence-electron chi connectivity index (χ1n) is 9.33. The van der Waals surface area contributed by atoms with Gasteiger partial charge in [0, 0.05) is 26.2 Å². The van der Waals surface area contributed by atoms with Gasteiger partial charge in [-0.3, -0.25) is 9.59 Å². The Labute approximate surface area is 173 Å². The zero-order valence-electron chi connectivity index (χ0n) is 16.4. The topological polar surface area (TPSA) is 112 Å². The summed E-state index contributed by atoms with van der Waals surface area (Å²) < 4.78 is 5.38. The van der Waals surface area contributed by atoms with Crippen molar-refractivity contribution in [1.29, 1.82) is 0 Å². The minimum absolute atomic E-state index is 0.152. The van der Waals surface area contributed by atoms with E-state index in [0.717, 1.165) is 11.4 Å². The van der Waals surface area contributed by atoms with Gasteiger partial charge in [-0.1, -0.05) is 24.3 Å². The van der Waals surface area contributed by atoms with Crippen molar-refractivity contribution in [2.45, 2.75) is 0 Å². The average Bonchev–Trinajstić information content (AvgIpc) is 2.79. The molecule has 0 radical (unpaired) electrons. The van der Waals surface area contributed by atoms with Crippen molar-refractivity contribution in [1.82, 2.24) is 10.3 Å². The van der Waals surface area contributed by atoms with Crippen LogP contribution in [0.3, 0.4) is 0 Å². The molecule has 0 bridgehead atoms. The number of piperazine rings is 1. The zero-order chi connectivity index (χ0) is 21.5. The maximum Gasteiger partial charge on any atom is 0.335 e. The second kappa shape index (κ2) is 9.55. The zero-order valence-corrected chi connectivity index (χ0v) is 16.4. The number of hydrogen-bond acceptors (Lipinski definition) is 6. The molecule has 2 N–H and O–H groups in total. The van der Waals surface area contributed by atoms with Gasteiger partial charge < -0.3 is 19.6 Å². The van der Waals surface area contributed by atoms with Crippen molar-refractivity contribution in [3.05, 3.63) is 59.7 Å². The van der Waals surface area contributed by atoms with Gasteiger partial charge in [0.25, 0.3) is 0 Å². The summed E-state index contributed by atoms with van der Waals surface area (Å²) in [6.45, 7) is 1.98. The van der Waals surface area contributed by atoms with Gasteiger partial charge in [0.2, 0.25) is 0 Å². The summed E-state index contributed by atoms with van der Waals surface area (Å²) in [5, 5.41) is 12.6. The predicted octanol–water partition coefficient (Wildman–Crippen LogP) is 1.19. The number of hydrogen-bond donors (Lipinski definition) is 2. The molecule has 0 aromatic heterocycles. The van der Waals surface area contributed by atoms with Crippen LogP contribution in [0.2, 0.25) is 0 Å². The van der Waals surface area contributed by atoms with E-state index in [2.05, 4.69) is 15.4 Å². The van der Waals surface area contributed by atoms with E-state index < -0.39 is 17.8 Å². The molecule has 30 heavy (non-hydrogen) atoms. The van der Waals surface area contributed by atoms with Crippen LogP contribution < -0.4 is 15.1 Å². The Kier molecular flexibility index (Phi) is 6.63. The number of ether oxygens (including phenoxy) is 1. The van der Waals surface area contributed by atoms with E-state index in [-0.39, 0.29) is 5.56 Å². The Hall–Kier alpha value is -3.88. The number of para-hydroxylation sites is 2. The molecule has 2 amide bonds. The summed E-state index contributed by atoms with van der Waals surface area (Å²) in [6.07, 6.45) is 1.34. The van der Waals surface area contributed by atoms with Crippen LogP contribution in [0.15, 0.2) is 53.6 Å². The van der Waals surface area contributed by atoms with E-state index in [1.54, 1.807) is 19.2 Å². The van der Waals surface area contributed by atoms with Crippen molar-refractivity contribution < 1.29 is 24.2 Å². The lowest BCUT2D eigenvalue weighted by molar-refractivity contribution is -0.146. The second-order valence-corrected chi connectivity index (χ2v) is 6.58. The summed E-state index contributed by atoms with van der Waals surface area (Å²) in [7, 11) is 1.62. The van der Waals surface area contributed by atoms with E-state index in [0.29, 0.717) is 31.7 Å². The largest absolute Gasteiger partial charge is 0.495 e. The van der Waals surface area contributed by atoms with Crippen LogP contribution >= 0.6 is 0 Å². The van der Waals surface area contributed by atoms with Gasteiger partial charge in [0.15, 0.2) is 0 Å². The van der Waals surface area contributed by atoms with Crippen molar-refractivity contribution in [2.24, 2.45) is 5.10 Å². The molecule has 156 valence electrons. The Bertz CT molecular complexity index is 950. The van der Waals surface area contributed by atoms with Crippen LogP contribution in [0.4, 0.5) is 5.69 Å². The first kappa shape index (κ1) is 20.8. The number of rotatable bonds is 5. The van der Waals surface area contributed by atoms with E-state index in [1.165, 1.54) is 23.2 Å². The summed E-state index contributed by atoms with van der Waals surface area (Å²) in [6, 6.07) is 13.6. The monoisotopic (exact) mass is 410 g/mol. The molecule has 1 saturated heterocycles. The van der Waals surface area contributed by atoms with Gasteiger partial charge in [-0.2, -0.15) is 5.10 Å². The van der Waals surface area contributed by atoms with Crippen molar-refractivity contribution in [2.75, 3.05) is 38.2 Å². The molecule has 9 nitrogen and oxygen atoms in total. The fraction of sp³-hybridized carbons (Fsp3) is 0.238. The molecule has 2 aromatic rings. The van der Waals surface area contributed by atoms with Crippen molar-refractivity contribution in [3.8, 4) is 5.75 Å². The van der Waals surface area contributed by atoms with Crippen molar-refractivity contribution in [3.63, 3.8) is 0 Å². The maximum absolute atomic E-state index is 12.4. The molecule has 0 aliphatic carbocycles. The van der Waals surface area contributed by atoms with Crippen LogP contribution in [-0.4, -0.2) is 67.3 Å². The van der Waals surface area contributed by atoms with Gasteiger partial charge in [-0.15, -0.1) is 0 Å². The lowest BCUT2D eigenvalue weighted by atomic mass is 10.1. The third-order valence-corrected chi connectivity index (χ3v) is 4.72. The molecule has 3 rings (SSSR count). The second-order valence-electron chi connectivity index (χ2n) is 6.58. The summed E-state index contributed by atoms with van der Waals surface area (Å²) in [5.74, 6) is -1.73. The maximum atomic E-state index is 12.4. The third kappa shape index (κ3) is 4.93. The average molecular weight is 410 g/mol. The summed E-state index contributed by atoms with van der Waals surface area (Å²) in [4.78, 5) is 38.9. The van der Waals surface area contributed by atoms with E-state index >= 15 is 0 Å². The molecule has 0 spiro atoms. The van der Waals surface area contributed by atoms with Crippen LogP contribution in [0.25, 0.3) is 0 Å². The molecular weight excluding hydrogens is 388 g/mol. The molecule has 0 atom stereocenters. The number of amides is 2. The molecular formula is C21H22N4O5. The first-order valence-corrected chi connectivity index (χ1v) is 9.33. The molecule has 9 heteroatoms. The molecule has 1 aliphatic rings.